The van der Waals surface area contributed by atoms with Crippen molar-refractivity contribution in [1.29, 1.82) is 0 Å². The normalized spacial score (nSPS) is 11.5. The van der Waals surface area contributed by atoms with E-state index in [4.69, 9.17) is 5.11 Å². The van der Waals surface area contributed by atoms with Crippen LogP contribution in [0.4, 0.5) is 16.2 Å². The Hall–Kier alpha value is -2.71. The Labute approximate surface area is 114 Å². The quantitative estimate of drug-likeness (QED) is 0.616. The van der Waals surface area contributed by atoms with Crippen LogP contribution in [0.5, 0.6) is 0 Å². The highest BCUT2D eigenvalue weighted by molar-refractivity contribution is 5.91. The number of nitro groups is 1. The largest absolute Gasteiger partial charge is 0.481 e. The summed E-state index contributed by atoms with van der Waals surface area (Å²) in [5.74, 6) is -1.77. The summed E-state index contributed by atoms with van der Waals surface area (Å²) in [6.07, 6.45) is 2.33. The number of aromatic nitrogens is 1. The van der Waals surface area contributed by atoms with Gasteiger partial charge in [0.2, 0.25) is 0 Å². The molecule has 0 saturated carbocycles. The van der Waals surface area contributed by atoms with Gasteiger partial charge in [0, 0.05) is 19.8 Å². The number of urea groups is 1. The second kappa shape index (κ2) is 6.45. The first kappa shape index (κ1) is 15.3. The topological polar surface area (TPSA) is 126 Å². The van der Waals surface area contributed by atoms with E-state index >= 15 is 0 Å². The van der Waals surface area contributed by atoms with Gasteiger partial charge in [0.05, 0.1) is 10.8 Å². The van der Waals surface area contributed by atoms with Gasteiger partial charge in [0.1, 0.15) is 11.9 Å². The van der Waals surface area contributed by atoms with E-state index in [1.165, 1.54) is 26.2 Å². The molecule has 0 aliphatic rings. The number of aliphatic carboxylic acids is 1. The highest BCUT2D eigenvalue weighted by atomic mass is 16.6. The van der Waals surface area contributed by atoms with Gasteiger partial charge in [-0.25, -0.2) is 4.79 Å². The molecule has 1 rings (SSSR count). The van der Waals surface area contributed by atoms with E-state index in [1.54, 1.807) is 0 Å². The number of carboxylic acids is 1. The monoisotopic (exact) mass is 282 g/mol. The first-order valence-electron chi connectivity index (χ1n) is 5.66. The number of amides is 2. The molecule has 1 heterocycles. The number of carboxylic acid groups (broad SMARTS) is 1. The van der Waals surface area contributed by atoms with Gasteiger partial charge in [-0.3, -0.25) is 19.9 Å². The van der Waals surface area contributed by atoms with Crippen LogP contribution in [0, 0.1) is 16.0 Å². The van der Waals surface area contributed by atoms with E-state index in [-0.39, 0.29) is 17.9 Å². The van der Waals surface area contributed by atoms with Crippen molar-refractivity contribution in [3.8, 4) is 0 Å². The summed E-state index contributed by atoms with van der Waals surface area (Å²) in [6, 6.07) is 0.664. The average Bonchev–Trinajstić information content (AvgIpc) is 2.38. The minimum Gasteiger partial charge on any atom is -0.481 e. The van der Waals surface area contributed by atoms with Crippen molar-refractivity contribution < 1.29 is 19.6 Å². The Morgan fingerprint density at radius 1 is 1.60 bits per heavy atom. The van der Waals surface area contributed by atoms with E-state index in [2.05, 4.69) is 10.3 Å². The molecule has 1 unspecified atom stereocenters. The molecule has 2 amide bonds. The molecule has 20 heavy (non-hydrogen) atoms. The van der Waals surface area contributed by atoms with E-state index in [0.29, 0.717) is 0 Å². The molecule has 9 nitrogen and oxygen atoms in total. The summed E-state index contributed by atoms with van der Waals surface area (Å²) in [6.45, 7) is 1.45. The third-order valence-corrected chi connectivity index (χ3v) is 2.55. The van der Waals surface area contributed by atoms with Crippen molar-refractivity contribution in [2.45, 2.75) is 6.92 Å². The zero-order chi connectivity index (χ0) is 15.3. The van der Waals surface area contributed by atoms with Crippen molar-refractivity contribution in [3.05, 3.63) is 28.6 Å². The van der Waals surface area contributed by atoms with Crippen molar-refractivity contribution in [2.24, 2.45) is 5.92 Å². The standard InChI is InChI=1S/C11H14N4O5/c1-7(10(16)17)6-14(2)11(18)13-8-3-4-12-5-9(8)15(19)20/h3-5,7H,6H2,1-2H3,(H,16,17)(H,12,13,18). The van der Waals surface area contributed by atoms with Crippen LogP contribution in [0.2, 0.25) is 0 Å². The summed E-state index contributed by atoms with van der Waals surface area (Å²) in [5.41, 5.74) is -0.328. The number of carbonyl (C=O) groups excluding carboxylic acids is 1. The number of anilines is 1. The van der Waals surface area contributed by atoms with Gasteiger partial charge in [-0.05, 0) is 6.07 Å². The minimum absolute atomic E-state index is 0.00447. The second-order valence-corrected chi connectivity index (χ2v) is 4.20. The van der Waals surface area contributed by atoms with Gasteiger partial charge in [-0.15, -0.1) is 0 Å². The Kier molecular flexibility index (Phi) is 4.95. The molecule has 0 radical (unpaired) electrons. The number of nitrogens with zero attached hydrogens (tertiary/aromatic N) is 3. The van der Waals surface area contributed by atoms with Gasteiger partial charge in [0.25, 0.3) is 0 Å². The summed E-state index contributed by atoms with van der Waals surface area (Å²) >= 11 is 0. The molecule has 0 saturated heterocycles. The number of pyridine rings is 1. The molecule has 0 spiro atoms. The highest BCUT2D eigenvalue weighted by Crippen LogP contribution is 2.22. The number of carbonyl (C=O) groups is 2. The number of hydrogen-bond acceptors (Lipinski definition) is 5. The molecule has 1 aromatic rings. The zero-order valence-electron chi connectivity index (χ0n) is 10.9. The molecule has 108 valence electrons. The lowest BCUT2D eigenvalue weighted by molar-refractivity contribution is -0.384. The van der Waals surface area contributed by atoms with Crippen LogP contribution in [0.1, 0.15) is 6.92 Å². The van der Waals surface area contributed by atoms with Crippen molar-refractivity contribution >= 4 is 23.4 Å². The van der Waals surface area contributed by atoms with Crippen LogP contribution in [-0.4, -0.2) is 45.5 Å². The Morgan fingerprint density at radius 2 is 2.25 bits per heavy atom. The highest BCUT2D eigenvalue weighted by Gasteiger charge is 2.20. The summed E-state index contributed by atoms with van der Waals surface area (Å²) in [5, 5.41) is 21.9. The first-order valence-corrected chi connectivity index (χ1v) is 5.66. The van der Waals surface area contributed by atoms with Crippen molar-refractivity contribution in [2.75, 3.05) is 18.9 Å². The molecule has 2 N–H and O–H groups in total. The smallest absolute Gasteiger partial charge is 0.321 e. The van der Waals surface area contributed by atoms with Crippen LogP contribution < -0.4 is 5.32 Å². The molecule has 0 aliphatic carbocycles. The van der Waals surface area contributed by atoms with Crippen LogP contribution in [-0.2, 0) is 4.79 Å². The van der Waals surface area contributed by atoms with Gasteiger partial charge in [0.15, 0.2) is 0 Å². The first-order chi connectivity index (χ1) is 9.32. The third kappa shape index (κ3) is 3.90. The van der Waals surface area contributed by atoms with Gasteiger partial charge < -0.3 is 15.3 Å². The summed E-state index contributed by atoms with van der Waals surface area (Å²) < 4.78 is 0. The third-order valence-electron chi connectivity index (χ3n) is 2.55. The fourth-order valence-corrected chi connectivity index (χ4v) is 1.42. The molecule has 1 aromatic heterocycles. The summed E-state index contributed by atoms with van der Waals surface area (Å²) in [7, 11) is 1.40. The van der Waals surface area contributed by atoms with Gasteiger partial charge in [-0.1, -0.05) is 6.92 Å². The zero-order valence-corrected chi connectivity index (χ0v) is 10.9. The van der Waals surface area contributed by atoms with E-state index in [9.17, 15) is 19.7 Å². The van der Waals surface area contributed by atoms with Gasteiger partial charge in [-0.2, -0.15) is 0 Å². The van der Waals surface area contributed by atoms with Crippen molar-refractivity contribution in [1.82, 2.24) is 9.88 Å². The molecule has 0 aromatic carbocycles. The number of rotatable bonds is 5. The molecule has 1 atom stereocenters. The maximum Gasteiger partial charge on any atom is 0.321 e. The predicted octanol–water partition coefficient (Wildman–Crippen LogP) is 1.17. The lowest BCUT2D eigenvalue weighted by Gasteiger charge is -2.19. The van der Waals surface area contributed by atoms with E-state index in [0.717, 1.165) is 11.1 Å². The Balaban J connectivity index is 2.76. The fourth-order valence-electron chi connectivity index (χ4n) is 1.42. The maximum absolute atomic E-state index is 11.8. The second-order valence-electron chi connectivity index (χ2n) is 4.20. The lowest BCUT2D eigenvalue weighted by Crippen LogP contribution is -2.36. The minimum atomic E-state index is -1.03. The Bertz CT molecular complexity index is 533. The van der Waals surface area contributed by atoms with Crippen molar-refractivity contribution in [3.63, 3.8) is 0 Å². The Morgan fingerprint density at radius 3 is 2.80 bits per heavy atom. The SMILES string of the molecule is CC(CN(C)C(=O)Nc1ccncc1[N+](=O)[O-])C(=O)O. The molecular weight excluding hydrogens is 268 g/mol. The number of nitrogens with one attached hydrogen (secondary N) is 1. The molecule has 9 heteroatoms. The molecule has 0 fully saturated rings. The molecule has 0 aliphatic heterocycles. The number of hydrogen-bond donors (Lipinski definition) is 2. The van der Waals surface area contributed by atoms with Crippen LogP contribution in [0.15, 0.2) is 18.5 Å². The van der Waals surface area contributed by atoms with Crippen LogP contribution >= 0.6 is 0 Å². The molecule has 0 bridgehead atoms. The van der Waals surface area contributed by atoms with E-state index in [1.807, 2.05) is 0 Å². The van der Waals surface area contributed by atoms with Gasteiger partial charge >= 0.3 is 17.7 Å². The molecular formula is C11H14N4O5. The summed E-state index contributed by atoms with van der Waals surface area (Å²) in [4.78, 5) is 37.4. The van der Waals surface area contributed by atoms with Crippen LogP contribution in [0.3, 0.4) is 0 Å². The maximum atomic E-state index is 11.8. The lowest BCUT2D eigenvalue weighted by atomic mass is 10.2. The average molecular weight is 282 g/mol. The van der Waals surface area contributed by atoms with E-state index < -0.39 is 22.8 Å². The van der Waals surface area contributed by atoms with Crippen LogP contribution in [0.25, 0.3) is 0 Å². The fraction of sp³-hybridized carbons (Fsp3) is 0.364. The predicted molar refractivity (Wildman–Crippen MR) is 69.3 cm³/mol.